The molecule has 2 unspecified atom stereocenters. The van der Waals surface area contributed by atoms with E-state index in [1.54, 1.807) is 6.07 Å². The smallest absolute Gasteiger partial charge is 0.271 e. The summed E-state index contributed by atoms with van der Waals surface area (Å²) in [6.07, 6.45) is 3.89. The summed E-state index contributed by atoms with van der Waals surface area (Å²) >= 11 is 0. The Morgan fingerprint density at radius 3 is 2.42 bits per heavy atom. The van der Waals surface area contributed by atoms with Gasteiger partial charge in [0.1, 0.15) is 6.54 Å². The molecule has 1 aromatic rings. The third kappa shape index (κ3) is 2.56. The van der Waals surface area contributed by atoms with Crippen molar-refractivity contribution in [3.05, 3.63) is 33.9 Å². The molecular formula is C18H19N3O5. The molecule has 2 aliphatic heterocycles. The Morgan fingerprint density at radius 2 is 1.81 bits per heavy atom. The lowest BCUT2D eigenvalue weighted by Crippen LogP contribution is -2.42. The van der Waals surface area contributed by atoms with E-state index in [1.807, 2.05) is 0 Å². The zero-order valence-corrected chi connectivity index (χ0v) is 14.2. The maximum Gasteiger partial charge on any atom is 0.271 e. The number of carbonyl (C=O) groups is 3. The molecule has 0 aromatic heterocycles. The highest BCUT2D eigenvalue weighted by molar-refractivity contribution is 6.09. The van der Waals surface area contributed by atoms with E-state index in [9.17, 15) is 24.5 Å². The largest absolute Gasteiger partial charge is 0.310 e. The van der Waals surface area contributed by atoms with Gasteiger partial charge in [0, 0.05) is 18.7 Å². The number of nitro groups is 1. The molecule has 1 saturated carbocycles. The molecule has 0 radical (unpaired) electrons. The van der Waals surface area contributed by atoms with E-state index in [-0.39, 0.29) is 41.8 Å². The predicted molar refractivity (Wildman–Crippen MR) is 91.3 cm³/mol. The van der Waals surface area contributed by atoms with Crippen molar-refractivity contribution in [3.8, 4) is 0 Å². The lowest BCUT2D eigenvalue weighted by molar-refractivity contribution is -0.384. The number of fused-ring (bicyclic) bond motifs is 2. The van der Waals surface area contributed by atoms with Gasteiger partial charge in [0.25, 0.3) is 5.69 Å². The second-order valence-corrected chi connectivity index (χ2v) is 7.13. The van der Waals surface area contributed by atoms with Gasteiger partial charge in [-0.25, -0.2) is 0 Å². The van der Waals surface area contributed by atoms with Gasteiger partial charge in [-0.2, -0.15) is 0 Å². The standard InChI is InChI=1S/C18H19N3O5/c22-16(10-20-17(23)13-3-1-2-4-14(13)18(20)24)19-8-7-11-5-6-12(21(25)26)9-15(11)19/h5-6,9,13-14H,1-4,7-8,10H2. The topological polar surface area (TPSA) is 101 Å². The van der Waals surface area contributed by atoms with Crippen LogP contribution in [0.3, 0.4) is 0 Å². The van der Waals surface area contributed by atoms with Crippen LogP contribution in [0.5, 0.6) is 0 Å². The van der Waals surface area contributed by atoms with Gasteiger partial charge in [0.05, 0.1) is 22.4 Å². The number of imide groups is 1. The van der Waals surface area contributed by atoms with Crippen LogP contribution in [0.15, 0.2) is 18.2 Å². The van der Waals surface area contributed by atoms with E-state index < -0.39 is 4.92 Å². The second kappa shape index (κ2) is 6.19. The zero-order valence-electron chi connectivity index (χ0n) is 14.2. The zero-order chi connectivity index (χ0) is 18.4. The highest BCUT2D eigenvalue weighted by atomic mass is 16.6. The van der Waals surface area contributed by atoms with Gasteiger partial charge in [-0.05, 0) is 24.8 Å². The molecule has 2 heterocycles. The number of rotatable bonds is 3. The summed E-state index contributed by atoms with van der Waals surface area (Å²) in [5, 5.41) is 11.0. The number of benzene rings is 1. The fourth-order valence-electron chi connectivity index (χ4n) is 4.35. The van der Waals surface area contributed by atoms with Crippen molar-refractivity contribution < 1.29 is 19.3 Å². The van der Waals surface area contributed by atoms with Crippen LogP contribution in [-0.2, 0) is 20.8 Å². The molecule has 8 nitrogen and oxygen atoms in total. The van der Waals surface area contributed by atoms with Crippen molar-refractivity contribution in [2.75, 3.05) is 18.0 Å². The molecule has 0 bridgehead atoms. The highest BCUT2D eigenvalue weighted by Gasteiger charge is 2.49. The van der Waals surface area contributed by atoms with Crippen LogP contribution in [-0.4, -0.2) is 40.6 Å². The van der Waals surface area contributed by atoms with Crippen LogP contribution in [0.2, 0.25) is 0 Å². The minimum Gasteiger partial charge on any atom is -0.310 e. The van der Waals surface area contributed by atoms with E-state index in [1.165, 1.54) is 17.0 Å². The second-order valence-electron chi connectivity index (χ2n) is 7.13. The minimum absolute atomic E-state index is 0.0807. The molecule has 8 heteroatoms. The summed E-state index contributed by atoms with van der Waals surface area (Å²) < 4.78 is 0. The number of likely N-dealkylation sites (tertiary alicyclic amines) is 1. The summed E-state index contributed by atoms with van der Waals surface area (Å²) in [5.74, 6) is -1.42. The Balaban J connectivity index is 1.53. The van der Waals surface area contributed by atoms with Crippen molar-refractivity contribution >= 4 is 29.1 Å². The van der Waals surface area contributed by atoms with E-state index in [4.69, 9.17) is 0 Å². The van der Waals surface area contributed by atoms with Gasteiger partial charge < -0.3 is 4.90 Å². The third-order valence-electron chi connectivity index (χ3n) is 5.70. The summed E-state index contributed by atoms with van der Waals surface area (Å²) in [6.45, 7) is 0.116. The van der Waals surface area contributed by atoms with E-state index in [2.05, 4.69) is 0 Å². The molecule has 1 aromatic carbocycles. The number of hydrogen-bond acceptors (Lipinski definition) is 5. The maximum atomic E-state index is 12.8. The Bertz CT molecular complexity index is 797. The highest BCUT2D eigenvalue weighted by Crippen LogP contribution is 2.38. The number of carbonyl (C=O) groups excluding carboxylic acids is 3. The maximum absolute atomic E-state index is 12.8. The lowest BCUT2D eigenvalue weighted by atomic mass is 9.81. The first kappa shape index (κ1) is 16.7. The molecule has 1 aliphatic carbocycles. The average Bonchev–Trinajstić information content (AvgIpc) is 3.16. The number of nitrogens with zero attached hydrogens (tertiary/aromatic N) is 3. The average molecular weight is 357 g/mol. The van der Waals surface area contributed by atoms with Crippen molar-refractivity contribution in [2.45, 2.75) is 32.1 Å². The van der Waals surface area contributed by atoms with Gasteiger partial charge in [0.2, 0.25) is 17.7 Å². The molecule has 136 valence electrons. The van der Waals surface area contributed by atoms with Gasteiger partial charge >= 0.3 is 0 Å². The van der Waals surface area contributed by atoms with Crippen LogP contribution in [0.1, 0.15) is 31.2 Å². The minimum atomic E-state index is -0.501. The van der Waals surface area contributed by atoms with Crippen LogP contribution >= 0.6 is 0 Å². The summed E-state index contributed by atoms with van der Waals surface area (Å²) in [6, 6.07) is 4.46. The fraction of sp³-hybridized carbons (Fsp3) is 0.500. The molecule has 26 heavy (non-hydrogen) atoms. The first-order valence-corrected chi connectivity index (χ1v) is 8.90. The van der Waals surface area contributed by atoms with E-state index in [0.29, 0.717) is 31.5 Å². The fourth-order valence-corrected chi connectivity index (χ4v) is 4.35. The van der Waals surface area contributed by atoms with Gasteiger partial charge in [-0.1, -0.05) is 18.9 Å². The quantitative estimate of drug-likeness (QED) is 0.465. The summed E-state index contributed by atoms with van der Waals surface area (Å²) in [7, 11) is 0. The monoisotopic (exact) mass is 357 g/mol. The van der Waals surface area contributed by atoms with Crippen LogP contribution in [0, 0.1) is 22.0 Å². The van der Waals surface area contributed by atoms with Gasteiger partial charge in [-0.15, -0.1) is 0 Å². The SMILES string of the molecule is O=C1C2CCCCC2C(=O)N1CC(=O)N1CCc2ccc([N+](=O)[O-])cc21. The number of amides is 3. The van der Waals surface area contributed by atoms with E-state index >= 15 is 0 Å². The Kier molecular flexibility index (Phi) is 3.97. The summed E-state index contributed by atoms with van der Waals surface area (Å²) in [4.78, 5) is 50.9. The number of anilines is 1. The first-order chi connectivity index (χ1) is 12.5. The van der Waals surface area contributed by atoms with Crippen molar-refractivity contribution in [3.63, 3.8) is 0 Å². The van der Waals surface area contributed by atoms with Crippen LogP contribution in [0.25, 0.3) is 0 Å². The van der Waals surface area contributed by atoms with E-state index in [0.717, 1.165) is 23.3 Å². The molecule has 2 atom stereocenters. The normalized spacial score (nSPS) is 24.6. The predicted octanol–water partition coefficient (Wildman–Crippen LogP) is 1.66. The number of hydrogen-bond donors (Lipinski definition) is 0. The van der Waals surface area contributed by atoms with Crippen molar-refractivity contribution in [2.24, 2.45) is 11.8 Å². The van der Waals surface area contributed by atoms with Crippen LogP contribution in [0.4, 0.5) is 11.4 Å². The number of non-ortho nitro benzene ring substituents is 1. The molecule has 3 aliphatic rings. The molecule has 3 amide bonds. The molecule has 2 fully saturated rings. The summed E-state index contributed by atoms with van der Waals surface area (Å²) in [5.41, 5.74) is 1.28. The first-order valence-electron chi connectivity index (χ1n) is 8.90. The Morgan fingerprint density at radius 1 is 1.15 bits per heavy atom. The lowest BCUT2D eigenvalue weighted by Gasteiger charge is -2.21. The van der Waals surface area contributed by atoms with Crippen molar-refractivity contribution in [1.29, 1.82) is 0 Å². The van der Waals surface area contributed by atoms with Crippen molar-refractivity contribution in [1.82, 2.24) is 4.90 Å². The Labute approximate surface area is 149 Å². The molecule has 1 saturated heterocycles. The van der Waals surface area contributed by atoms with Gasteiger partial charge in [-0.3, -0.25) is 29.4 Å². The molecule has 0 spiro atoms. The third-order valence-corrected chi connectivity index (χ3v) is 5.70. The molecule has 4 rings (SSSR count). The molecule has 0 N–H and O–H groups in total. The van der Waals surface area contributed by atoms with Crippen LogP contribution < -0.4 is 4.90 Å². The Hall–Kier alpha value is -2.77. The number of nitro benzene ring substituents is 1. The van der Waals surface area contributed by atoms with Gasteiger partial charge in [0.15, 0.2) is 0 Å². The molecular weight excluding hydrogens is 338 g/mol.